The van der Waals surface area contributed by atoms with Crippen LogP contribution in [0.5, 0.6) is 0 Å². The highest BCUT2D eigenvalue weighted by molar-refractivity contribution is 6.33. The van der Waals surface area contributed by atoms with Crippen molar-refractivity contribution in [2.75, 3.05) is 17.2 Å². The molecule has 2 rings (SSSR count). The lowest BCUT2D eigenvalue weighted by Gasteiger charge is -2.11. The van der Waals surface area contributed by atoms with E-state index in [4.69, 9.17) is 11.6 Å². The standard InChI is InChI=1S/C13H10ClF3N6O2/c1-2-3-18-11-9(23(24)25)12(21-6-20-11)22-10-8(14)4-7(5-19-10)13(15,16)17/h2,4-6H,1,3H2,(H2,18,19,20,21,22). The summed E-state index contributed by atoms with van der Waals surface area (Å²) in [6.07, 6.45) is -1.55. The maximum absolute atomic E-state index is 12.6. The summed E-state index contributed by atoms with van der Waals surface area (Å²) in [6, 6.07) is 0.654. The van der Waals surface area contributed by atoms with Crippen LogP contribution in [0.2, 0.25) is 5.02 Å². The Morgan fingerprint density at radius 3 is 2.52 bits per heavy atom. The van der Waals surface area contributed by atoms with Crippen LogP contribution in [0.25, 0.3) is 0 Å². The van der Waals surface area contributed by atoms with Crippen LogP contribution in [0, 0.1) is 10.1 Å². The zero-order valence-electron chi connectivity index (χ0n) is 12.3. The number of alkyl halides is 3. The van der Waals surface area contributed by atoms with Crippen LogP contribution in [0.3, 0.4) is 0 Å². The summed E-state index contributed by atoms with van der Waals surface area (Å²) in [7, 11) is 0. The Morgan fingerprint density at radius 1 is 1.28 bits per heavy atom. The predicted molar refractivity (Wildman–Crippen MR) is 84.9 cm³/mol. The molecule has 0 amide bonds. The molecule has 0 saturated heterocycles. The van der Waals surface area contributed by atoms with Gasteiger partial charge in [0.15, 0.2) is 5.82 Å². The van der Waals surface area contributed by atoms with Crippen LogP contribution in [0.1, 0.15) is 5.56 Å². The molecule has 25 heavy (non-hydrogen) atoms. The second kappa shape index (κ2) is 7.30. The smallest absolute Gasteiger partial charge is 0.361 e. The van der Waals surface area contributed by atoms with Crippen molar-refractivity contribution in [1.29, 1.82) is 0 Å². The molecular weight excluding hydrogens is 365 g/mol. The normalized spacial score (nSPS) is 11.0. The van der Waals surface area contributed by atoms with Gasteiger partial charge in [0.05, 0.1) is 15.5 Å². The van der Waals surface area contributed by atoms with Crippen LogP contribution in [0.4, 0.5) is 36.3 Å². The van der Waals surface area contributed by atoms with Crippen LogP contribution < -0.4 is 10.6 Å². The first-order valence-corrected chi connectivity index (χ1v) is 6.95. The van der Waals surface area contributed by atoms with E-state index in [0.29, 0.717) is 12.3 Å². The van der Waals surface area contributed by atoms with E-state index < -0.39 is 22.4 Å². The van der Waals surface area contributed by atoms with Gasteiger partial charge in [-0.05, 0) is 6.07 Å². The fraction of sp³-hybridized carbons (Fsp3) is 0.154. The molecule has 2 N–H and O–H groups in total. The van der Waals surface area contributed by atoms with Gasteiger partial charge in [-0.25, -0.2) is 15.0 Å². The second-order valence-electron chi connectivity index (χ2n) is 4.52. The van der Waals surface area contributed by atoms with E-state index in [2.05, 4.69) is 32.2 Å². The Labute approximate surface area is 143 Å². The quantitative estimate of drug-likeness (QED) is 0.450. The Balaban J connectivity index is 2.40. The molecule has 8 nitrogen and oxygen atoms in total. The van der Waals surface area contributed by atoms with Crippen molar-refractivity contribution in [1.82, 2.24) is 15.0 Å². The van der Waals surface area contributed by atoms with Gasteiger partial charge in [0, 0.05) is 12.7 Å². The van der Waals surface area contributed by atoms with Crippen molar-refractivity contribution in [2.45, 2.75) is 6.18 Å². The van der Waals surface area contributed by atoms with Gasteiger partial charge in [-0.3, -0.25) is 10.1 Å². The van der Waals surface area contributed by atoms with Crippen LogP contribution in [-0.4, -0.2) is 26.4 Å². The number of aromatic nitrogens is 3. The molecule has 12 heteroatoms. The SMILES string of the molecule is C=CCNc1ncnc(Nc2ncc(C(F)(F)F)cc2Cl)c1[N+](=O)[O-]. The molecule has 0 fully saturated rings. The molecule has 0 radical (unpaired) electrons. The van der Waals surface area contributed by atoms with Crippen molar-refractivity contribution in [2.24, 2.45) is 0 Å². The van der Waals surface area contributed by atoms with E-state index in [9.17, 15) is 23.3 Å². The minimum atomic E-state index is -4.61. The average molecular weight is 375 g/mol. The molecule has 0 unspecified atom stereocenters. The molecule has 2 heterocycles. The van der Waals surface area contributed by atoms with Crippen LogP contribution >= 0.6 is 11.6 Å². The average Bonchev–Trinajstić information content (AvgIpc) is 2.53. The van der Waals surface area contributed by atoms with Gasteiger partial charge >= 0.3 is 11.9 Å². The summed E-state index contributed by atoms with van der Waals surface area (Å²) in [5.74, 6) is -0.586. The Morgan fingerprint density at radius 2 is 1.96 bits per heavy atom. The molecule has 0 aliphatic carbocycles. The number of hydrogen-bond donors (Lipinski definition) is 2. The number of pyridine rings is 1. The Hall–Kier alpha value is -2.95. The van der Waals surface area contributed by atoms with E-state index in [-0.39, 0.29) is 29.0 Å². The number of hydrogen-bond acceptors (Lipinski definition) is 7. The van der Waals surface area contributed by atoms with Crippen LogP contribution in [-0.2, 0) is 6.18 Å². The van der Waals surface area contributed by atoms with Gasteiger partial charge in [-0.2, -0.15) is 13.2 Å². The molecule has 0 aliphatic rings. The number of nitro groups is 1. The Kier molecular flexibility index (Phi) is 5.37. The fourth-order valence-corrected chi connectivity index (χ4v) is 1.95. The third-order valence-corrected chi connectivity index (χ3v) is 3.11. The monoisotopic (exact) mass is 374 g/mol. The number of anilines is 3. The predicted octanol–water partition coefficient (Wildman–Crippen LogP) is 3.79. The maximum Gasteiger partial charge on any atom is 0.417 e. The van der Waals surface area contributed by atoms with Crippen molar-refractivity contribution in [3.05, 3.63) is 51.9 Å². The number of nitrogens with zero attached hydrogens (tertiary/aromatic N) is 4. The molecule has 0 saturated carbocycles. The molecule has 0 bridgehead atoms. The zero-order chi connectivity index (χ0) is 18.6. The lowest BCUT2D eigenvalue weighted by Crippen LogP contribution is -2.09. The lowest BCUT2D eigenvalue weighted by atomic mass is 10.2. The van der Waals surface area contributed by atoms with Gasteiger partial charge in [-0.1, -0.05) is 17.7 Å². The van der Waals surface area contributed by atoms with E-state index in [1.54, 1.807) is 0 Å². The highest BCUT2D eigenvalue weighted by Gasteiger charge is 2.32. The van der Waals surface area contributed by atoms with Crippen molar-refractivity contribution >= 4 is 34.7 Å². The first kappa shape index (κ1) is 18.4. The molecular formula is C13H10ClF3N6O2. The van der Waals surface area contributed by atoms with Crippen LogP contribution in [0.15, 0.2) is 31.2 Å². The Bertz CT molecular complexity index is 815. The number of rotatable bonds is 6. The molecule has 0 atom stereocenters. The summed E-state index contributed by atoms with van der Waals surface area (Å²) in [5, 5.41) is 16.0. The lowest BCUT2D eigenvalue weighted by molar-refractivity contribution is -0.383. The van der Waals surface area contributed by atoms with Gasteiger partial charge in [-0.15, -0.1) is 6.58 Å². The highest BCUT2D eigenvalue weighted by Crippen LogP contribution is 2.35. The van der Waals surface area contributed by atoms with Gasteiger partial charge in [0.2, 0.25) is 11.6 Å². The first-order chi connectivity index (χ1) is 11.7. The largest absolute Gasteiger partial charge is 0.417 e. The molecule has 132 valence electrons. The minimum absolute atomic E-state index is 0.0922. The highest BCUT2D eigenvalue weighted by atomic mass is 35.5. The molecule has 0 aliphatic heterocycles. The third kappa shape index (κ3) is 4.32. The van der Waals surface area contributed by atoms with E-state index >= 15 is 0 Å². The van der Waals surface area contributed by atoms with E-state index in [1.165, 1.54) is 6.08 Å². The first-order valence-electron chi connectivity index (χ1n) is 6.58. The van der Waals surface area contributed by atoms with E-state index in [1.807, 2.05) is 0 Å². The fourth-order valence-electron chi connectivity index (χ4n) is 1.74. The van der Waals surface area contributed by atoms with Gasteiger partial charge in [0.1, 0.15) is 6.33 Å². The summed E-state index contributed by atoms with van der Waals surface area (Å²) >= 11 is 5.77. The molecule has 2 aromatic heterocycles. The number of halogens is 4. The molecule has 2 aromatic rings. The molecule has 0 aromatic carbocycles. The molecule has 0 spiro atoms. The summed E-state index contributed by atoms with van der Waals surface area (Å²) in [4.78, 5) is 21.6. The minimum Gasteiger partial charge on any atom is -0.361 e. The maximum atomic E-state index is 12.6. The van der Waals surface area contributed by atoms with E-state index in [0.717, 1.165) is 6.33 Å². The number of nitrogens with one attached hydrogen (secondary N) is 2. The third-order valence-electron chi connectivity index (χ3n) is 2.82. The van der Waals surface area contributed by atoms with Gasteiger partial charge < -0.3 is 10.6 Å². The second-order valence-corrected chi connectivity index (χ2v) is 4.93. The van der Waals surface area contributed by atoms with Crippen molar-refractivity contribution < 1.29 is 18.1 Å². The van der Waals surface area contributed by atoms with Crippen molar-refractivity contribution in [3.8, 4) is 0 Å². The topological polar surface area (TPSA) is 106 Å². The summed E-state index contributed by atoms with van der Waals surface area (Å²) in [6.45, 7) is 3.67. The van der Waals surface area contributed by atoms with Crippen molar-refractivity contribution in [3.63, 3.8) is 0 Å². The zero-order valence-corrected chi connectivity index (χ0v) is 13.1. The summed E-state index contributed by atoms with van der Waals surface area (Å²) < 4.78 is 37.9. The summed E-state index contributed by atoms with van der Waals surface area (Å²) in [5.41, 5.74) is -1.56. The van der Waals surface area contributed by atoms with Gasteiger partial charge in [0.25, 0.3) is 0 Å².